The van der Waals surface area contributed by atoms with E-state index in [1.807, 2.05) is 25.1 Å². The summed E-state index contributed by atoms with van der Waals surface area (Å²) in [6, 6.07) is 10.2. The number of H-pyrrole nitrogens is 1. The summed E-state index contributed by atoms with van der Waals surface area (Å²) in [5, 5.41) is 9.46. The SMILES string of the molecule is Cc1cn[nH]c1NC(=O)CCCSc1ccccc1. The van der Waals surface area contributed by atoms with E-state index < -0.39 is 0 Å². The Morgan fingerprint density at radius 1 is 1.37 bits per heavy atom. The van der Waals surface area contributed by atoms with E-state index in [4.69, 9.17) is 0 Å². The molecule has 2 rings (SSSR count). The highest BCUT2D eigenvalue weighted by Crippen LogP contribution is 2.18. The molecule has 0 saturated heterocycles. The molecular weight excluding hydrogens is 258 g/mol. The normalized spacial score (nSPS) is 10.4. The van der Waals surface area contributed by atoms with Gasteiger partial charge >= 0.3 is 0 Å². The Labute approximate surface area is 117 Å². The lowest BCUT2D eigenvalue weighted by atomic mass is 10.3. The van der Waals surface area contributed by atoms with Gasteiger partial charge < -0.3 is 5.32 Å². The lowest BCUT2D eigenvalue weighted by Crippen LogP contribution is -2.12. The Kier molecular flexibility index (Phi) is 5.03. The molecule has 0 aliphatic rings. The maximum absolute atomic E-state index is 11.7. The molecule has 2 N–H and O–H groups in total. The van der Waals surface area contributed by atoms with Crippen LogP contribution in [0.5, 0.6) is 0 Å². The van der Waals surface area contributed by atoms with Gasteiger partial charge in [0, 0.05) is 16.9 Å². The van der Waals surface area contributed by atoms with Crippen molar-refractivity contribution in [3.63, 3.8) is 0 Å². The highest BCUT2D eigenvalue weighted by atomic mass is 32.2. The standard InChI is InChI=1S/C14H17N3OS/c1-11-10-15-17-14(11)16-13(18)8-5-9-19-12-6-3-2-4-7-12/h2-4,6-7,10H,5,8-9H2,1H3,(H2,15,16,17,18). The zero-order chi connectivity index (χ0) is 13.5. The number of amides is 1. The first-order valence-electron chi connectivity index (χ1n) is 6.23. The van der Waals surface area contributed by atoms with E-state index in [1.165, 1.54) is 4.90 Å². The summed E-state index contributed by atoms with van der Waals surface area (Å²) >= 11 is 1.77. The van der Waals surface area contributed by atoms with Gasteiger partial charge in [0.1, 0.15) is 5.82 Å². The molecule has 1 amide bonds. The number of thioether (sulfide) groups is 1. The number of carbonyl (C=O) groups excluding carboxylic acids is 1. The minimum atomic E-state index is 0.0287. The van der Waals surface area contributed by atoms with Crippen molar-refractivity contribution in [2.24, 2.45) is 0 Å². The predicted octanol–water partition coefficient (Wildman–Crippen LogP) is 3.23. The van der Waals surface area contributed by atoms with Gasteiger partial charge in [-0.15, -0.1) is 11.8 Å². The van der Waals surface area contributed by atoms with Crippen LogP contribution in [-0.4, -0.2) is 21.9 Å². The van der Waals surface area contributed by atoms with Gasteiger partial charge in [0.15, 0.2) is 0 Å². The number of benzene rings is 1. The quantitative estimate of drug-likeness (QED) is 0.628. The van der Waals surface area contributed by atoms with Gasteiger partial charge in [0.25, 0.3) is 0 Å². The number of aromatic nitrogens is 2. The summed E-state index contributed by atoms with van der Waals surface area (Å²) in [5.74, 6) is 1.67. The molecule has 0 atom stereocenters. The largest absolute Gasteiger partial charge is 0.311 e. The van der Waals surface area contributed by atoms with Crippen molar-refractivity contribution in [2.45, 2.75) is 24.7 Å². The van der Waals surface area contributed by atoms with E-state index in [0.717, 1.165) is 17.7 Å². The predicted molar refractivity (Wildman–Crippen MR) is 78.4 cm³/mol. The van der Waals surface area contributed by atoms with Crippen LogP contribution in [0.1, 0.15) is 18.4 Å². The van der Waals surface area contributed by atoms with Crippen LogP contribution < -0.4 is 5.32 Å². The Bertz CT molecular complexity index is 524. The average Bonchev–Trinajstić information content (AvgIpc) is 2.82. The van der Waals surface area contributed by atoms with Crippen molar-refractivity contribution in [3.8, 4) is 0 Å². The van der Waals surface area contributed by atoms with Gasteiger partial charge in [-0.1, -0.05) is 18.2 Å². The molecule has 0 aliphatic heterocycles. The Balaban J connectivity index is 1.66. The third-order valence-corrected chi connectivity index (χ3v) is 3.75. The summed E-state index contributed by atoms with van der Waals surface area (Å²) in [5.41, 5.74) is 0.951. The fourth-order valence-corrected chi connectivity index (χ4v) is 2.49. The third-order valence-electron chi connectivity index (χ3n) is 2.65. The van der Waals surface area contributed by atoms with Crippen LogP contribution in [0.2, 0.25) is 0 Å². The molecule has 1 aromatic carbocycles. The van der Waals surface area contributed by atoms with Crippen LogP contribution in [0, 0.1) is 6.92 Å². The van der Waals surface area contributed by atoms with E-state index in [9.17, 15) is 4.79 Å². The molecule has 0 radical (unpaired) electrons. The summed E-state index contributed by atoms with van der Waals surface area (Å²) in [6.45, 7) is 1.91. The molecule has 0 unspecified atom stereocenters. The number of nitrogens with one attached hydrogen (secondary N) is 2. The summed E-state index contributed by atoms with van der Waals surface area (Å²) in [7, 11) is 0. The minimum absolute atomic E-state index is 0.0287. The van der Waals surface area contributed by atoms with Gasteiger partial charge in [-0.25, -0.2) is 0 Å². The number of rotatable bonds is 6. The second kappa shape index (κ2) is 6.99. The molecule has 1 aromatic heterocycles. The van der Waals surface area contributed by atoms with Crippen LogP contribution in [0.3, 0.4) is 0 Å². The third kappa shape index (κ3) is 4.44. The first-order valence-corrected chi connectivity index (χ1v) is 7.22. The fraction of sp³-hybridized carbons (Fsp3) is 0.286. The van der Waals surface area contributed by atoms with Crippen LogP contribution in [0.25, 0.3) is 0 Å². The second-order valence-electron chi connectivity index (χ2n) is 4.24. The van der Waals surface area contributed by atoms with E-state index in [-0.39, 0.29) is 5.91 Å². The van der Waals surface area contributed by atoms with Gasteiger partial charge in [0.05, 0.1) is 6.20 Å². The van der Waals surface area contributed by atoms with Crippen LogP contribution in [-0.2, 0) is 4.79 Å². The molecular formula is C14H17N3OS. The molecule has 5 heteroatoms. The molecule has 4 nitrogen and oxygen atoms in total. The van der Waals surface area contributed by atoms with Crippen molar-refractivity contribution in [2.75, 3.05) is 11.1 Å². The van der Waals surface area contributed by atoms with E-state index in [2.05, 4.69) is 27.6 Å². The Morgan fingerprint density at radius 3 is 2.84 bits per heavy atom. The molecule has 0 fully saturated rings. The maximum Gasteiger partial charge on any atom is 0.225 e. The molecule has 2 aromatic rings. The summed E-state index contributed by atoms with van der Waals surface area (Å²) in [6.07, 6.45) is 3.08. The average molecular weight is 275 g/mol. The molecule has 0 spiro atoms. The number of carbonyl (C=O) groups is 1. The lowest BCUT2D eigenvalue weighted by molar-refractivity contribution is -0.116. The lowest BCUT2D eigenvalue weighted by Gasteiger charge is -2.04. The van der Waals surface area contributed by atoms with E-state index >= 15 is 0 Å². The van der Waals surface area contributed by atoms with Crippen molar-refractivity contribution in [3.05, 3.63) is 42.1 Å². The number of aryl methyl sites for hydroxylation is 1. The first kappa shape index (κ1) is 13.7. The van der Waals surface area contributed by atoms with Crippen LogP contribution >= 0.6 is 11.8 Å². The topological polar surface area (TPSA) is 57.8 Å². The molecule has 1 heterocycles. The zero-order valence-electron chi connectivity index (χ0n) is 10.8. The van der Waals surface area contributed by atoms with Gasteiger partial charge in [0.2, 0.25) is 5.91 Å². The van der Waals surface area contributed by atoms with Crippen LogP contribution in [0.15, 0.2) is 41.4 Å². The molecule has 100 valence electrons. The smallest absolute Gasteiger partial charge is 0.225 e. The number of hydrogen-bond acceptors (Lipinski definition) is 3. The minimum Gasteiger partial charge on any atom is -0.311 e. The van der Waals surface area contributed by atoms with Gasteiger partial charge in [-0.3, -0.25) is 9.89 Å². The van der Waals surface area contributed by atoms with Gasteiger partial charge in [-0.2, -0.15) is 5.10 Å². The Morgan fingerprint density at radius 2 is 2.16 bits per heavy atom. The number of aromatic amines is 1. The highest BCUT2D eigenvalue weighted by Gasteiger charge is 2.05. The highest BCUT2D eigenvalue weighted by molar-refractivity contribution is 7.99. The summed E-state index contributed by atoms with van der Waals surface area (Å²) in [4.78, 5) is 12.9. The van der Waals surface area contributed by atoms with Crippen molar-refractivity contribution < 1.29 is 4.79 Å². The van der Waals surface area contributed by atoms with E-state index in [1.54, 1.807) is 18.0 Å². The molecule has 0 saturated carbocycles. The van der Waals surface area contributed by atoms with Crippen molar-refractivity contribution >= 4 is 23.5 Å². The molecule has 19 heavy (non-hydrogen) atoms. The molecule has 0 aliphatic carbocycles. The van der Waals surface area contributed by atoms with Crippen molar-refractivity contribution in [1.82, 2.24) is 10.2 Å². The second-order valence-corrected chi connectivity index (χ2v) is 5.41. The van der Waals surface area contributed by atoms with Gasteiger partial charge in [-0.05, 0) is 31.2 Å². The fourth-order valence-electron chi connectivity index (χ4n) is 1.61. The monoisotopic (exact) mass is 275 g/mol. The Hall–Kier alpha value is -1.75. The maximum atomic E-state index is 11.7. The first-order chi connectivity index (χ1) is 9.25. The number of nitrogens with zero attached hydrogens (tertiary/aromatic N) is 1. The number of hydrogen-bond donors (Lipinski definition) is 2. The summed E-state index contributed by atoms with van der Waals surface area (Å²) < 4.78 is 0. The van der Waals surface area contributed by atoms with E-state index in [0.29, 0.717) is 12.2 Å². The number of anilines is 1. The molecule has 0 bridgehead atoms. The zero-order valence-corrected chi connectivity index (χ0v) is 11.7. The van der Waals surface area contributed by atoms with Crippen LogP contribution in [0.4, 0.5) is 5.82 Å². The van der Waals surface area contributed by atoms with Crippen molar-refractivity contribution in [1.29, 1.82) is 0 Å².